The molecule has 0 saturated heterocycles. The van der Waals surface area contributed by atoms with Crippen molar-refractivity contribution < 1.29 is 4.79 Å². The van der Waals surface area contributed by atoms with Gasteiger partial charge in [-0.2, -0.15) is 4.68 Å². The van der Waals surface area contributed by atoms with E-state index in [0.717, 1.165) is 16.6 Å². The highest BCUT2D eigenvalue weighted by Gasteiger charge is 2.14. The molecule has 0 aliphatic carbocycles. The first-order valence-corrected chi connectivity index (χ1v) is 10.8. The normalized spacial score (nSPS) is 12.1. The second-order valence-electron chi connectivity index (χ2n) is 7.33. The van der Waals surface area contributed by atoms with Crippen LogP contribution in [-0.2, 0) is 4.79 Å². The molecule has 7 heteroatoms. The van der Waals surface area contributed by atoms with Crippen molar-refractivity contribution in [2.45, 2.75) is 32.0 Å². The summed E-state index contributed by atoms with van der Waals surface area (Å²) in [5.74, 6) is 0.179. The number of nitrogens with zero attached hydrogens (tertiary/aromatic N) is 4. The van der Waals surface area contributed by atoms with E-state index in [-0.39, 0.29) is 17.7 Å². The standard InChI is InChI=1S/C23H23N5OS/c1-15-8-11-21(12-16(15)2)28-23(25-26-27-28)30-14-22(29)24-17(3)19-10-9-18-6-4-5-7-20(18)13-19/h4-13,17H,14H2,1-3H3,(H,24,29)/t17-/m1/s1. The Labute approximate surface area is 179 Å². The summed E-state index contributed by atoms with van der Waals surface area (Å²) < 4.78 is 1.66. The Hall–Kier alpha value is -3.19. The van der Waals surface area contributed by atoms with Crippen molar-refractivity contribution >= 4 is 28.4 Å². The minimum atomic E-state index is -0.0848. The molecule has 4 rings (SSSR count). The first-order valence-electron chi connectivity index (χ1n) is 9.78. The Morgan fingerprint density at radius 2 is 1.83 bits per heavy atom. The molecular formula is C23H23N5OS. The fraction of sp³-hybridized carbons (Fsp3) is 0.217. The predicted molar refractivity (Wildman–Crippen MR) is 120 cm³/mol. The van der Waals surface area contributed by atoms with Gasteiger partial charge in [0.25, 0.3) is 0 Å². The first kappa shape index (κ1) is 20.1. The van der Waals surface area contributed by atoms with Crippen LogP contribution in [0.2, 0.25) is 0 Å². The van der Waals surface area contributed by atoms with Crippen LogP contribution in [0.1, 0.15) is 29.7 Å². The van der Waals surface area contributed by atoms with Crippen LogP contribution in [0.15, 0.2) is 65.8 Å². The van der Waals surface area contributed by atoms with Gasteiger partial charge in [-0.1, -0.05) is 54.2 Å². The number of tetrazole rings is 1. The van der Waals surface area contributed by atoms with Gasteiger partial charge in [0.2, 0.25) is 11.1 Å². The third-order valence-electron chi connectivity index (χ3n) is 5.16. The van der Waals surface area contributed by atoms with Crippen LogP contribution in [-0.4, -0.2) is 31.9 Å². The molecule has 152 valence electrons. The molecular weight excluding hydrogens is 394 g/mol. The maximum Gasteiger partial charge on any atom is 0.230 e. The summed E-state index contributed by atoms with van der Waals surface area (Å²) >= 11 is 1.32. The molecule has 1 N–H and O–H groups in total. The molecule has 1 heterocycles. The number of aromatic nitrogens is 4. The van der Waals surface area contributed by atoms with E-state index in [0.29, 0.717) is 5.16 Å². The lowest BCUT2D eigenvalue weighted by Gasteiger charge is -2.15. The summed E-state index contributed by atoms with van der Waals surface area (Å²) in [6.45, 7) is 6.11. The number of carbonyl (C=O) groups excluding carboxylic acids is 1. The van der Waals surface area contributed by atoms with Crippen molar-refractivity contribution in [3.63, 3.8) is 0 Å². The third kappa shape index (κ3) is 4.36. The topological polar surface area (TPSA) is 72.7 Å². The molecule has 4 aromatic rings. The number of amides is 1. The van der Waals surface area contributed by atoms with Crippen LogP contribution >= 0.6 is 11.8 Å². The van der Waals surface area contributed by atoms with Crippen molar-refractivity contribution in [3.8, 4) is 5.69 Å². The summed E-state index contributed by atoms with van der Waals surface area (Å²) in [6.07, 6.45) is 0. The SMILES string of the molecule is Cc1ccc(-n2nnnc2SCC(=O)N[C@H](C)c2ccc3ccccc3c2)cc1C. The summed E-state index contributed by atoms with van der Waals surface area (Å²) in [4.78, 5) is 12.5. The molecule has 1 amide bonds. The van der Waals surface area contributed by atoms with Gasteiger partial charge in [-0.3, -0.25) is 4.79 Å². The number of hydrogen-bond acceptors (Lipinski definition) is 5. The summed E-state index contributed by atoms with van der Waals surface area (Å²) in [5.41, 5.74) is 4.34. The summed E-state index contributed by atoms with van der Waals surface area (Å²) in [6, 6.07) is 20.4. The van der Waals surface area contributed by atoms with Crippen molar-refractivity contribution in [1.29, 1.82) is 0 Å². The Kier molecular flexibility index (Phi) is 5.81. The molecule has 6 nitrogen and oxygen atoms in total. The van der Waals surface area contributed by atoms with Crippen molar-refractivity contribution in [2.75, 3.05) is 5.75 Å². The summed E-state index contributed by atoms with van der Waals surface area (Å²) in [7, 11) is 0. The molecule has 1 aromatic heterocycles. The predicted octanol–water partition coefficient (Wildman–Crippen LogP) is 4.40. The van der Waals surface area contributed by atoms with Gasteiger partial charge in [0.05, 0.1) is 17.5 Å². The zero-order chi connectivity index (χ0) is 21.1. The number of aryl methyl sites for hydroxylation is 2. The molecule has 1 atom stereocenters. The van der Waals surface area contributed by atoms with Crippen LogP contribution in [0.5, 0.6) is 0 Å². The molecule has 0 aliphatic rings. The largest absolute Gasteiger partial charge is 0.349 e. The lowest BCUT2D eigenvalue weighted by Crippen LogP contribution is -2.28. The minimum absolute atomic E-state index is 0.0599. The highest BCUT2D eigenvalue weighted by Crippen LogP contribution is 2.22. The van der Waals surface area contributed by atoms with E-state index in [4.69, 9.17) is 0 Å². The number of rotatable bonds is 6. The summed E-state index contributed by atoms with van der Waals surface area (Å²) in [5, 5.41) is 17.9. The first-order chi connectivity index (χ1) is 14.5. The molecule has 0 spiro atoms. The highest BCUT2D eigenvalue weighted by molar-refractivity contribution is 7.99. The van der Waals surface area contributed by atoms with Crippen molar-refractivity contribution in [1.82, 2.24) is 25.5 Å². The lowest BCUT2D eigenvalue weighted by molar-refractivity contribution is -0.119. The smallest absolute Gasteiger partial charge is 0.230 e. The minimum Gasteiger partial charge on any atom is -0.349 e. The number of fused-ring (bicyclic) bond motifs is 1. The molecule has 30 heavy (non-hydrogen) atoms. The average molecular weight is 418 g/mol. The van der Waals surface area contributed by atoms with E-state index in [2.05, 4.69) is 65.0 Å². The number of carbonyl (C=O) groups is 1. The quantitative estimate of drug-likeness (QED) is 0.471. The van der Waals surface area contributed by atoms with Gasteiger partial charge in [-0.25, -0.2) is 0 Å². The maximum absolute atomic E-state index is 12.5. The molecule has 0 saturated carbocycles. The zero-order valence-electron chi connectivity index (χ0n) is 17.2. The maximum atomic E-state index is 12.5. The van der Waals surface area contributed by atoms with Crippen LogP contribution in [0.3, 0.4) is 0 Å². The lowest BCUT2D eigenvalue weighted by atomic mass is 10.0. The second-order valence-corrected chi connectivity index (χ2v) is 8.27. The molecule has 0 aliphatic heterocycles. The molecule has 3 aromatic carbocycles. The molecule has 0 bridgehead atoms. The number of hydrogen-bond donors (Lipinski definition) is 1. The van der Waals surface area contributed by atoms with Crippen LogP contribution in [0.4, 0.5) is 0 Å². The van der Waals surface area contributed by atoms with Crippen LogP contribution < -0.4 is 5.32 Å². The van der Waals surface area contributed by atoms with Gasteiger partial charge in [0, 0.05) is 0 Å². The Bertz CT molecular complexity index is 1200. The third-order valence-corrected chi connectivity index (χ3v) is 6.08. The number of thioether (sulfide) groups is 1. The molecule has 0 radical (unpaired) electrons. The van der Waals surface area contributed by atoms with Crippen LogP contribution in [0, 0.1) is 13.8 Å². The van der Waals surface area contributed by atoms with E-state index in [1.807, 2.05) is 37.3 Å². The van der Waals surface area contributed by atoms with E-state index in [1.165, 1.54) is 28.3 Å². The van der Waals surface area contributed by atoms with Crippen molar-refractivity contribution in [2.24, 2.45) is 0 Å². The fourth-order valence-electron chi connectivity index (χ4n) is 3.26. The number of benzene rings is 3. The van der Waals surface area contributed by atoms with Crippen LogP contribution in [0.25, 0.3) is 16.5 Å². The van der Waals surface area contributed by atoms with E-state index >= 15 is 0 Å². The fourth-order valence-corrected chi connectivity index (χ4v) is 3.96. The van der Waals surface area contributed by atoms with Gasteiger partial charge in [0.1, 0.15) is 0 Å². The Morgan fingerprint density at radius 3 is 2.63 bits per heavy atom. The van der Waals surface area contributed by atoms with Gasteiger partial charge < -0.3 is 5.32 Å². The highest BCUT2D eigenvalue weighted by atomic mass is 32.2. The monoisotopic (exact) mass is 417 g/mol. The van der Waals surface area contributed by atoms with Gasteiger partial charge in [-0.05, 0) is 76.9 Å². The van der Waals surface area contributed by atoms with E-state index < -0.39 is 0 Å². The van der Waals surface area contributed by atoms with Gasteiger partial charge >= 0.3 is 0 Å². The molecule has 0 fully saturated rings. The van der Waals surface area contributed by atoms with E-state index in [9.17, 15) is 4.79 Å². The number of nitrogens with one attached hydrogen (secondary N) is 1. The zero-order valence-corrected chi connectivity index (χ0v) is 18.0. The van der Waals surface area contributed by atoms with E-state index in [1.54, 1.807) is 4.68 Å². The van der Waals surface area contributed by atoms with Crippen molar-refractivity contribution in [3.05, 3.63) is 77.4 Å². The molecule has 0 unspecified atom stereocenters. The van der Waals surface area contributed by atoms with Gasteiger partial charge in [0.15, 0.2) is 0 Å². The Balaban J connectivity index is 1.40. The second kappa shape index (κ2) is 8.67. The van der Waals surface area contributed by atoms with Gasteiger partial charge in [-0.15, -0.1) is 5.10 Å². The average Bonchev–Trinajstić information content (AvgIpc) is 3.22. The Morgan fingerprint density at radius 1 is 1.03 bits per heavy atom.